The van der Waals surface area contributed by atoms with Gasteiger partial charge >= 0.3 is 5.97 Å². The number of rotatable bonds is 6. The van der Waals surface area contributed by atoms with Gasteiger partial charge in [-0.1, -0.05) is 18.2 Å². The van der Waals surface area contributed by atoms with Gasteiger partial charge < -0.3 is 10.0 Å². The first-order valence-corrected chi connectivity index (χ1v) is 12.1. The molecule has 2 N–H and O–H groups in total. The number of aryl methyl sites for hydroxylation is 1. The molecular formula is C24H27N3O5S. The standard InChI is InChI=1S/C24H27N3O5S/c1-16-4-7-20(14-21(16)26-33(31,32)24(2,3)23(29)30)22(28)27-12-10-19(11-13-27)18-8-5-17(15-25)6-9-18/h4-9,14,19,26H,10-13H2,1-3H3,(H,29,30). The Morgan fingerprint density at radius 3 is 2.27 bits per heavy atom. The third-order valence-electron chi connectivity index (χ3n) is 6.21. The first-order chi connectivity index (χ1) is 15.5. The molecule has 0 unspecified atom stereocenters. The van der Waals surface area contributed by atoms with Gasteiger partial charge in [-0.3, -0.25) is 14.3 Å². The fourth-order valence-corrected chi connectivity index (χ4v) is 4.68. The lowest BCUT2D eigenvalue weighted by Gasteiger charge is -2.32. The largest absolute Gasteiger partial charge is 0.480 e. The summed E-state index contributed by atoms with van der Waals surface area (Å²) in [5.41, 5.74) is 2.86. The number of carboxylic acids is 1. The summed E-state index contributed by atoms with van der Waals surface area (Å²) < 4.78 is 25.5. The lowest BCUT2D eigenvalue weighted by molar-refractivity contribution is -0.139. The van der Waals surface area contributed by atoms with E-state index in [1.54, 1.807) is 36.1 Å². The van der Waals surface area contributed by atoms with Crippen LogP contribution in [0.25, 0.3) is 0 Å². The van der Waals surface area contributed by atoms with E-state index < -0.39 is 20.7 Å². The van der Waals surface area contributed by atoms with Gasteiger partial charge in [-0.15, -0.1) is 0 Å². The molecule has 0 saturated carbocycles. The number of carboxylic acid groups (broad SMARTS) is 1. The summed E-state index contributed by atoms with van der Waals surface area (Å²) in [5.74, 6) is -1.36. The third kappa shape index (κ3) is 5.01. The zero-order valence-electron chi connectivity index (χ0n) is 18.8. The van der Waals surface area contributed by atoms with Crippen LogP contribution in [0.5, 0.6) is 0 Å². The van der Waals surface area contributed by atoms with Gasteiger partial charge in [0.25, 0.3) is 5.91 Å². The molecule has 1 aliphatic rings. The normalized spacial score (nSPS) is 15.0. The number of nitriles is 1. The molecule has 0 atom stereocenters. The number of hydrogen-bond acceptors (Lipinski definition) is 5. The van der Waals surface area contributed by atoms with Crippen molar-refractivity contribution < 1.29 is 23.1 Å². The minimum absolute atomic E-state index is 0.183. The van der Waals surface area contributed by atoms with E-state index in [1.165, 1.54) is 6.07 Å². The van der Waals surface area contributed by atoms with Gasteiger partial charge in [0.2, 0.25) is 10.0 Å². The van der Waals surface area contributed by atoms with E-state index in [9.17, 15) is 23.1 Å². The summed E-state index contributed by atoms with van der Waals surface area (Å²) in [4.78, 5) is 26.2. The summed E-state index contributed by atoms with van der Waals surface area (Å²) in [6.07, 6.45) is 1.57. The minimum atomic E-state index is -4.24. The highest BCUT2D eigenvalue weighted by Gasteiger charge is 2.42. The number of likely N-dealkylation sites (tertiary alicyclic amines) is 1. The summed E-state index contributed by atoms with van der Waals surface area (Å²) in [6, 6.07) is 14.4. The van der Waals surface area contributed by atoms with Crippen LogP contribution in [0.4, 0.5) is 5.69 Å². The molecule has 8 nitrogen and oxygen atoms in total. The first-order valence-electron chi connectivity index (χ1n) is 10.6. The number of carbonyl (C=O) groups is 2. The minimum Gasteiger partial charge on any atom is -0.480 e. The number of aliphatic carboxylic acids is 1. The van der Waals surface area contributed by atoms with Crippen molar-refractivity contribution in [3.63, 3.8) is 0 Å². The average Bonchev–Trinajstić information content (AvgIpc) is 2.80. The summed E-state index contributed by atoms with van der Waals surface area (Å²) >= 11 is 0. The molecule has 1 saturated heterocycles. The maximum Gasteiger partial charge on any atom is 0.326 e. The fraction of sp³-hybridized carbons (Fsp3) is 0.375. The van der Waals surface area contributed by atoms with Crippen LogP contribution in [-0.4, -0.2) is 48.1 Å². The Balaban J connectivity index is 1.72. The zero-order chi connectivity index (χ0) is 24.4. The molecule has 2 aromatic rings. The number of nitrogens with zero attached hydrogens (tertiary/aromatic N) is 2. The Morgan fingerprint density at radius 1 is 1.12 bits per heavy atom. The second kappa shape index (κ2) is 9.24. The lowest BCUT2D eigenvalue weighted by atomic mass is 9.89. The number of benzene rings is 2. The number of hydrogen-bond donors (Lipinski definition) is 2. The Labute approximate surface area is 193 Å². The molecule has 9 heteroatoms. The van der Waals surface area contributed by atoms with Crippen molar-refractivity contribution in [3.8, 4) is 6.07 Å². The number of piperidine rings is 1. The van der Waals surface area contributed by atoms with Crippen LogP contribution in [0.15, 0.2) is 42.5 Å². The molecular weight excluding hydrogens is 442 g/mol. The quantitative estimate of drug-likeness (QED) is 0.667. The summed E-state index contributed by atoms with van der Waals surface area (Å²) in [5, 5.41) is 18.2. The highest BCUT2D eigenvalue weighted by atomic mass is 32.2. The number of carbonyl (C=O) groups excluding carboxylic acids is 1. The molecule has 174 valence electrons. The Hall–Kier alpha value is -3.38. The second-order valence-corrected chi connectivity index (χ2v) is 11.0. The Morgan fingerprint density at radius 2 is 1.73 bits per heavy atom. The van der Waals surface area contributed by atoms with E-state index in [-0.39, 0.29) is 11.6 Å². The molecule has 1 amide bonds. The Kier molecular flexibility index (Phi) is 6.79. The molecule has 3 rings (SSSR count). The van der Waals surface area contributed by atoms with Crippen molar-refractivity contribution in [2.45, 2.75) is 44.3 Å². The highest BCUT2D eigenvalue weighted by molar-refractivity contribution is 7.94. The lowest BCUT2D eigenvalue weighted by Crippen LogP contribution is -2.44. The second-order valence-electron chi connectivity index (χ2n) is 8.75. The van der Waals surface area contributed by atoms with Gasteiger partial charge in [-0.2, -0.15) is 5.26 Å². The van der Waals surface area contributed by atoms with E-state index in [0.29, 0.717) is 35.7 Å². The van der Waals surface area contributed by atoms with Crippen LogP contribution in [0.3, 0.4) is 0 Å². The number of sulfonamides is 1. The molecule has 2 aromatic carbocycles. The predicted octanol–water partition coefficient (Wildman–Crippen LogP) is 3.49. The van der Waals surface area contributed by atoms with Crippen molar-refractivity contribution in [3.05, 3.63) is 64.7 Å². The van der Waals surface area contributed by atoms with Crippen molar-refractivity contribution in [2.24, 2.45) is 0 Å². The zero-order valence-corrected chi connectivity index (χ0v) is 19.6. The SMILES string of the molecule is Cc1ccc(C(=O)N2CCC(c3ccc(C#N)cc3)CC2)cc1NS(=O)(=O)C(C)(C)C(=O)O. The molecule has 0 aliphatic carbocycles. The molecule has 0 spiro atoms. The van der Waals surface area contributed by atoms with Gasteiger partial charge in [-0.05, 0) is 74.9 Å². The molecule has 0 bridgehead atoms. The third-order valence-corrected chi connectivity index (χ3v) is 8.22. The van der Waals surface area contributed by atoms with Crippen LogP contribution in [0, 0.1) is 18.3 Å². The van der Waals surface area contributed by atoms with Crippen LogP contribution in [-0.2, 0) is 14.8 Å². The smallest absolute Gasteiger partial charge is 0.326 e. The van der Waals surface area contributed by atoms with Gasteiger partial charge in [0.1, 0.15) is 0 Å². The topological polar surface area (TPSA) is 128 Å². The molecule has 1 heterocycles. The molecule has 0 aromatic heterocycles. The summed E-state index contributed by atoms with van der Waals surface area (Å²) in [6.45, 7) is 5.03. The van der Waals surface area contributed by atoms with E-state index in [4.69, 9.17) is 5.26 Å². The van der Waals surface area contributed by atoms with Crippen LogP contribution in [0.1, 0.15) is 59.7 Å². The van der Waals surface area contributed by atoms with Gasteiger partial charge in [-0.25, -0.2) is 8.42 Å². The van der Waals surface area contributed by atoms with Gasteiger partial charge in [0.05, 0.1) is 17.3 Å². The molecule has 0 radical (unpaired) electrons. The van der Waals surface area contributed by atoms with Crippen molar-refractivity contribution in [1.82, 2.24) is 4.90 Å². The van der Waals surface area contributed by atoms with Crippen molar-refractivity contribution in [2.75, 3.05) is 17.8 Å². The van der Waals surface area contributed by atoms with E-state index in [1.807, 2.05) is 12.1 Å². The molecule has 33 heavy (non-hydrogen) atoms. The number of nitrogens with one attached hydrogen (secondary N) is 1. The van der Waals surface area contributed by atoms with Crippen molar-refractivity contribution >= 4 is 27.6 Å². The van der Waals surface area contributed by atoms with E-state index >= 15 is 0 Å². The van der Waals surface area contributed by atoms with Gasteiger partial charge in [0.15, 0.2) is 4.75 Å². The van der Waals surface area contributed by atoms with Crippen LogP contribution < -0.4 is 4.72 Å². The highest BCUT2D eigenvalue weighted by Crippen LogP contribution is 2.30. The van der Waals surface area contributed by atoms with E-state index in [2.05, 4.69) is 10.8 Å². The monoisotopic (exact) mass is 469 g/mol. The maximum absolute atomic E-state index is 13.1. The average molecular weight is 470 g/mol. The van der Waals surface area contributed by atoms with Crippen LogP contribution in [0.2, 0.25) is 0 Å². The van der Waals surface area contributed by atoms with E-state index in [0.717, 1.165) is 32.3 Å². The molecule has 1 fully saturated rings. The van der Waals surface area contributed by atoms with Crippen molar-refractivity contribution in [1.29, 1.82) is 5.26 Å². The fourth-order valence-electron chi connectivity index (χ4n) is 3.68. The van der Waals surface area contributed by atoms with Crippen LogP contribution >= 0.6 is 0 Å². The Bertz CT molecular complexity index is 1210. The summed E-state index contributed by atoms with van der Waals surface area (Å²) in [7, 11) is -4.24. The first kappa shape index (κ1) is 24.3. The predicted molar refractivity (Wildman–Crippen MR) is 124 cm³/mol. The van der Waals surface area contributed by atoms with Gasteiger partial charge in [0, 0.05) is 18.7 Å². The molecule has 1 aliphatic heterocycles. The number of anilines is 1. The number of amides is 1. The maximum atomic E-state index is 13.1.